The highest BCUT2D eigenvalue weighted by molar-refractivity contribution is 6.46. The average Bonchev–Trinajstić information content (AvgIpc) is 3.22. The molecule has 156 valence electrons. The number of benzene rings is 2. The molecule has 7 heteroatoms. The second kappa shape index (κ2) is 7.84. The number of hydrogen-bond acceptors (Lipinski definition) is 6. The van der Waals surface area contributed by atoms with Crippen molar-refractivity contribution in [3.63, 3.8) is 0 Å². The monoisotopic (exact) mass is 409 g/mol. The van der Waals surface area contributed by atoms with Crippen molar-refractivity contribution >= 4 is 17.4 Å². The number of Topliss-reactive ketones (excluding diaryl/α,β-unsaturated/α-hetero) is 1. The average molecular weight is 409 g/mol. The summed E-state index contributed by atoms with van der Waals surface area (Å²) < 4.78 is 10.8. The number of aromatic hydroxyl groups is 1. The number of aliphatic hydroxyl groups excluding tert-OH is 1. The third kappa shape index (κ3) is 3.41. The Morgan fingerprint density at radius 3 is 2.63 bits per heavy atom. The first kappa shape index (κ1) is 20.0. The number of carbonyl (C=O) groups excluding carboxylic acids is 2. The van der Waals surface area contributed by atoms with E-state index in [-0.39, 0.29) is 36.3 Å². The maximum Gasteiger partial charge on any atom is 0.295 e. The Morgan fingerprint density at radius 1 is 1.20 bits per heavy atom. The number of phenolic OH excluding ortho intramolecular Hbond substituents is 1. The van der Waals surface area contributed by atoms with Crippen molar-refractivity contribution in [2.75, 3.05) is 20.3 Å². The highest BCUT2D eigenvalue weighted by Gasteiger charge is 2.45. The van der Waals surface area contributed by atoms with Gasteiger partial charge >= 0.3 is 0 Å². The molecule has 0 spiro atoms. The number of aliphatic hydroxyl groups is 1. The Balaban J connectivity index is 1.82. The molecule has 2 heterocycles. The predicted molar refractivity (Wildman–Crippen MR) is 109 cm³/mol. The number of phenols is 1. The van der Waals surface area contributed by atoms with Crippen molar-refractivity contribution < 1.29 is 29.3 Å². The number of likely N-dealkylation sites (tertiary alicyclic amines) is 1. The number of ether oxygens (including phenoxy) is 2. The van der Waals surface area contributed by atoms with Gasteiger partial charge in [0.1, 0.15) is 23.4 Å². The van der Waals surface area contributed by atoms with Crippen LogP contribution in [0.4, 0.5) is 0 Å². The van der Waals surface area contributed by atoms with Gasteiger partial charge in [-0.3, -0.25) is 9.59 Å². The number of hydrogen-bond donors (Lipinski definition) is 2. The molecule has 4 rings (SSSR count). The first-order valence-corrected chi connectivity index (χ1v) is 9.77. The number of methoxy groups -OCH3 is 1. The topological polar surface area (TPSA) is 96.3 Å². The summed E-state index contributed by atoms with van der Waals surface area (Å²) in [4.78, 5) is 27.0. The number of carbonyl (C=O) groups is 2. The van der Waals surface area contributed by atoms with E-state index in [0.717, 1.165) is 11.3 Å². The molecule has 2 aromatic rings. The van der Waals surface area contributed by atoms with Gasteiger partial charge in [-0.15, -0.1) is 0 Å². The number of fused-ring (bicyclic) bond motifs is 1. The lowest BCUT2D eigenvalue weighted by molar-refractivity contribution is -0.140. The second-order valence-electron chi connectivity index (χ2n) is 7.53. The van der Waals surface area contributed by atoms with E-state index in [1.807, 2.05) is 6.92 Å². The van der Waals surface area contributed by atoms with Crippen molar-refractivity contribution in [3.05, 3.63) is 64.7 Å². The van der Waals surface area contributed by atoms with E-state index in [2.05, 4.69) is 0 Å². The van der Waals surface area contributed by atoms with Crippen LogP contribution in [0.15, 0.2) is 48.0 Å². The summed E-state index contributed by atoms with van der Waals surface area (Å²) in [6.45, 7) is 2.40. The van der Waals surface area contributed by atoms with Crippen LogP contribution >= 0.6 is 0 Å². The molecular formula is C23H23NO6. The normalized spacial score (nSPS) is 22.3. The Kier molecular flexibility index (Phi) is 5.22. The van der Waals surface area contributed by atoms with E-state index >= 15 is 0 Å². The van der Waals surface area contributed by atoms with Gasteiger partial charge in [-0.05, 0) is 48.4 Å². The molecule has 2 unspecified atom stereocenters. The van der Waals surface area contributed by atoms with Crippen molar-refractivity contribution in [2.24, 2.45) is 0 Å². The molecule has 2 aliphatic heterocycles. The minimum atomic E-state index is -0.774. The molecule has 7 nitrogen and oxygen atoms in total. The minimum absolute atomic E-state index is 0.0220. The lowest BCUT2D eigenvalue weighted by Crippen LogP contribution is -2.32. The van der Waals surface area contributed by atoms with Gasteiger partial charge in [0.2, 0.25) is 0 Å². The lowest BCUT2D eigenvalue weighted by Gasteiger charge is -2.25. The molecule has 30 heavy (non-hydrogen) atoms. The molecule has 1 saturated heterocycles. The molecule has 2 N–H and O–H groups in total. The Labute approximate surface area is 174 Å². The maximum atomic E-state index is 12.9. The molecule has 2 atom stereocenters. The fourth-order valence-corrected chi connectivity index (χ4v) is 4.03. The quantitative estimate of drug-likeness (QED) is 0.448. The van der Waals surface area contributed by atoms with E-state index in [1.165, 1.54) is 24.1 Å². The largest absolute Gasteiger partial charge is 0.508 e. The van der Waals surface area contributed by atoms with Crippen LogP contribution in [0.1, 0.15) is 29.7 Å². The van der Waals surface area contributed by atoms with Gasteiger partial charge in [0.25, 0.3) is 11.7 Å². The summed E-state index contributed by atoms with van der Waals surface area (Å²) in [5.74, 6) is -0.833. The fraction of sp³-hybridized carbons (Fsp3) is 0.304. The molecule has 0 bridgehead atoms. The molecule has 1 amide bonds. The molecule has 2 aliphatic rings. The zero-order valence-electron chi connectivity index (χ0n) is 16.8. The summed E-state index contributed by atoms with van der Waals surface area (Å²) in [7, 11) is 1.51. The molecule has 2 aromatic carbocycles. The summed E-state index contributed by atoms with van der Waals surface area (Å²) in [6, 6.07) is 10.7. The number of rotatable bonds is 5. The van der Waals surface area contributed by atoms with Crippen molar-refractivity contribution in [3.8, 4) is 11.5 Å². The van der Waals surface area contributed by atoms with Gasteiger partial charge in [0.05, 0.1) is 18.2 Å². The van der Waals surface area contributed by atoms with E-state index < -0.39 is 17.7 Å². The van der Waals surface area contributed by atoms with Crippen molar-refractivity contribution in [2.45, 2.75) is 25.5 Å². The van der Waals surface area contributed by atoms with Gasteiger partial charge in [-0.25, -0.2) is 0 Å². The smallest absolute Gasteiger partial charge is 0.295 e. The van der Waals surface area contributed by atoms with Gasteiger partial charge in [0, 0.05) is 25.6 Å². The Bertz CT molecular complexity index is 1030. The highest BCUT2D eigenvalue weighted by atomic mass is 16.5. The van der Waals surface area contributed by atoms with Crippen LogP contribution in [0.25, 0.3) is 5.76 Å². The van der Waals surface area contributed by atoms with Crippen LogP contribution < -0.4 is 4.74 Å². The van der Waals surface area contributed by atoms with Gasteiger partial charge in [0.15, 0.2) is 0 Å². The summed E-state index contributed by atoms with van der Waals surface area (Å²) in [5.41, 5.74) is 2.04. The van der Waals surface area contributed by atoms with Crippen molar-refractivity contribution in [1.82, 2.24) is 4.90 Å². The predicted octanol–water partition coefficient (Wildman–Crippen LogP) is 2.78. The summed E-state index contributed by atoms with van der Waals surface area (Å²) in [6.07, 6.45) is 0.758. The third-order valence-corrected chi connectivity index (χ3v) is 5.45. The van der Waals surface area contributed by atoms with Gasteiger partial charge in [-0.1, -0.05) is 12.1 Å². The van der Waals surface area contributed by atoms with E-state index in [9.17, 15) is 19.8 Å². The van der Waals surface area contributed by atoms with Crippen LogP contribution in [-0.4, -0.2) is 53.2 Å². The standard InChI is InChI=1S/C23H23NO6/c1-13-11-16-12-15(5-8-18(16)30-13)21(26)19-20(14-3-6-17(25)7-4-14)24(9-10-29-2)23(28)22(19)27/h3-8,12-13,20,25-26H,9-11H2,1-2H3. The zero-order valence-corrected chi connectivity index (χ0v) is 16.8. The second-order valence-corrected chi connectivity index (χ2v) is 7.53. The lowest BCUT2D eigenvalue weighted by atomic mass is 9.94. The Hall–Kier alpha value is -3.32. The first-order chi connectivity index (χ1) is 14.4. The van der Waals surface area contributed by atoms with E-state index in [0.29, 0.717) is 17.5 Å². The number of nitrogens with zero attached hydrogens (tertiary/aromatic N) is 1. The highest BCUT2D eigenvalue weighted by Crippen LogP contribution is 2.40. The SMILES string of the molecule is COCCN1C(=O)C(=O)C(=C(O)c2ccc3c(c2)CC(C)O3)C1c1ccc(O)cc1. The Morgan fingerprint density at radius 2 is 1.93 bits per heavy atom. The van der Waals surface area contributed by atoms with Gasteiger partial charge < -0.3 is 24.6 Å². The number of amides is 1. The molecule has 0 saturated carbocycles. The van der Waals surface area contributed by atoms with E-state index in [1.54, 1.807) is 30.3 Å². The molecule has 1 fully saturated rings. The van der Waals surface area contributed by atoms with Crippen molar-refractivity contribution in [1.29, 1.82) is 0 Å². The number of ketones is 1. The first-order valence-electron chi connectivity index (χ1n) is 9.77. The van der Waals surface area contributed by atoms with Crippen LogP contribution in [0.5, 0.6) is 11.5 Å². The third-order valence-electron chi connectivity index (χ3n) is 5.45. The summed E-state index contributed by atoms with van der Waals surface area (Å²) >= 11 is 0. The summed E-state index contributed by atoms with van der Waals surface area (Å²) in [5, 5.41) is 20.7. The molecule has 0 aliphatic carbocycles. The van der Waals surface area contributed by atoms with Crippen LogP contribution in [0.3, 0.4) is 0 Å². The molecule has 0 aromatic heterocycles. The maximum absolute atomic E-state index is 12.9. The minimum Gasteiger partial charge on any atom is -0.508 e. The van der Waals surface area contributed by atoms with Gasteiger partial charge in [-0.2, -0.15) is 0 Å². The van der Waals surface area contributed by atoms with Crippen LogP contribution in [0, 0.1) is 0 Å². The van der Waals surface area contributed by atoms with Crippen LogP contribution in [0.2, 0.25) is 0 Å². The molecular weight excluding hydrogens is 386 g/mol. The van der Waals surface area contributed by atoms with Crippen LogP contribution in [-0.2, 0) is 20.7 Å². The molecule has 0 radical (unpaired) electrons. The zero-order chi connectivity index (χ0) is 21.4. The van der Waals surface area contributed by atoms with E-state index in [4.69, 9.17) is 9.47 Å². The fourth-order valence-electron chi connectivity index (χ4n) is 4.03.